The first-order valence-corrected chi connectivity index (χ1v) is 6.37. The molecule has 21 heavy (non-hydrogen) atoms. The second kappa shape index (κ2) is 6.83. The van der Waals surface area contributed by atoms with Crippen LogP contribution in [-0.2, 0) is 0 Å². The molecule has 2 aromatic rings. The molecule has 0 saturated heterocycles. The summed E-state index contributed by atoms with van der Waals surface area (Å²) >= 11 is 0. The summed E-state index contributed by atoms with van der Waals surface area (Å²) in [6.07, 6.45) is -1.94. The lowest BCUT2D eigenvalue weighted by molar-refractivity contribution is -0.384. The number of nitrogens with zero attached hydrogens (tertiary/aromatic N) is 1. The van der Waals surface area contributed by atoms with Crippen LogP contribution in [0.25, 0.3) is 0 Å². The number of rotatable bonds is 6. The molecule has 0 aromatic heterocycles. The first-order chi connectivity index (χ1) is 10.1. The first kappa shape index (κ1) is 15.0. The van der Waals surface area contributed by atoms with Crippen molar-refractivity contribution in [3.8, 4) is 5.75 Å². The van der Waals surface area contributed by atoms with Crippen LogP contribution in [0.2, 0.25) is 0 Å². The van der Waals surface area contributed by atoms with E-state index in [2.05, 4.69) is 0 Å². The van der Waals surface area contributed by atoms with Gasteiger partial charge in [-0.25, -0.2) is 0 Å². The number of nitro benzene ring substituents is 1. The lowest BCUT2D eigenvalue weighted by Crippen LogP contribution is -2.27. The zero-order valence-electron chi connectivity index (χ0n) is 11.1. The molecule has 110 valence electrons. The van der Waals surface area contributed by atoms with E-state index in [4.69, 9.17) is 9.84 Å². The SMILES string of the molecule is O=[N+]([O-])c1ccc(C(Oc2ccccc2)C(O)CO)cc1. The summed E-state index contributed by atoms with van der Waals surface area (Å²) in [7, 11) is 0. The van der Waals surface area contributed by atoms with Gasteiger partial charge in [-0.2, -0.15) is 0 Å². The molecular weight excluding hydrogens is 274 g/mol. The fourth-order valence-electron chi connectivity index (χ4n) is 1.90. The van der Waals surface area contributed by atoms with Gasteiger partial charge in [0.1, 0.15) is 11.9 Å². The molecule has 0 fully saturated rings. The third-order valence-electron chi connectivity index (χ3n) is 2.98. The van der Waals surface area contributed by atoms with Gasteiger partial charge < -0.3 is 14.9 Å². The van der Waals surface area contributed by atoms with Crippen molar-refractivity contribution in [2.75, 3.05) is 6.61 Å². The van der Waals surface area contributed by atoms with E-state index in [0.717, 1.165) is 0 Å². The van der Waals surface area contributed by atoms with Gasteiger partial charge >= 0.3 is 0 Å². The van der Waals surface area contributed by atoms with Gasteiger partial charge in [0, 0.05) is 12.1 Å². The van der Waals surface area contributed by atoms with Gasteiger partial charge in [-0.1, -0.05) is 18.2 Å². The van der Waals surface area contributed by atoms with Crippen molar-refractivity contribution in [2.45, 2.75) is 12.2 Å². The molecule has 2 rings (SSSR count). The maximum absolute atomic E-state index is 10.6. The molecular formula is C15H15NO5. The van der Waals surface area contributed by atoms with Crippen LogP contribution in [-0.4, -0.2) is 27.8 Å². The molecule has 0 aliphatic heterocycles. The lowest BCUT2D eigenvalue weighted by atomic mass is 10.0. The number of ether oxygens (including phenoxy) is 1. The molecule has 0 spiro atoms. The Morgan fingerprint density at radius 3 is 2.24 bits per heavy atom. The van der Waals surface area contributed by atoms with Crippen molar-refractivity contribution < 1.29 is 19.9 Å². The van der Waals surface area contributed by atoms with E-state index in [1.807, 2.05) is 6.07 Å². The minimum absolute atomic E-state index is 0.0456. The van der Waals surface area contributed by atoms with Crippen molar-refractivity contribution in [1.82, 2.24) is 0 Å². The second-order valence-electron chi connectivity index (χ2n) is 4.45. The molecule has 2 N–H and O–H groups in total. The molecule has 0 radical (unpaired) electrons. The van der Waals surface area contributed by atoms with Crippen LogP contribution in [0, 0.1) is 10.1 Å². The van der Waals surface area contributed by atoms with Gasteiger partial charge in [0.05, 0.1) is 11.5 Å². The van der Waals surface area contributed by atoms with Gasteiger partial charge in [0.2, 0.25) is 0 Å². The molecule has 2 unspecified atom stereocenters. The Hall–Kier alpha value is -2.44. The van der Waals surface area contributed by atoms with Crippen molar-refractivity contribution in [1.29, 1.82) is 0 Å². The molecule has 2 aromatic carbocycles. The Morgan fingerprint density at radius 1 is 1.10 bits per heavy atom. The number of hydrogen-bond acceptors (Lipinski definition) is 5. The summed E-state index contributed by atoms with van der Waals surface area (Å²) in [6, 6.07) is 14.5. The Bertz CT molecular complexity index is 585. The molecule has 6 heteroatoms. The van der Waals surface area contributed by atoms with Crippen LogP contribution in [0.15, 0.2) is 54.6 Å². The average Bonchev–Trinajstić information content (AvgIpc) is 2.53. The largest absolute Gasteiger partial charge is 0.483 e. The minimum Gasteiger partial charge on any atom is -0.483 e. The highest BCUT2D eigenvalue weighted by Crippen LogP contribution is 2.26. The fraction of sp³-hybridized carbons (Fsp3) is 0.200. The quantitative estimate of drug-likeness (QED) is 0.627. The van der Waals surface area contributed by atoms with Crippen LogP contribution in [0.3, 0.4) is 0 Å². The Kier molecular flexibility index (Phi) is 4.86. The summed E-state index contributed by atoms with van der Waals surface area (Å²) in [6.45, 7) is -0.478. The highest BCUT2D eigenvalue weighted by atomic mass is 16.6. The zero-order chi connectivity index (χ0) is 15.2. The molecule has 0 saturated carbocycles. The Balaban J connectivity index is 2.25. The second-order valence-corrected chi connectivity index (χ2v) is 4.45. The monoisotopic (exact) mass is 289 g/mol. The van der Waals surface area contributed by atoms with Crippen molar-refractivity contribution in [3.63, 3.8) is 0 Å². The molecule has 0 aliphatic carbocycles. The van der Waals surface area contributed by atoms with Crippen LogP contribution >= 0.6 is 0 Å². The first-order valence-electron chi connectivity index (χ1n) is 6.37. The Morgan fingerprint density at radius 2 is 1.71 bits per heavy atom. The van der Waals surface area contributed by atoms with Crippen molar-refractivity contribution in [2.24, 2.45) is 0 Å². The third kappa shape index (κ3) is 3.77. The zero-order valence-corrected chi connectivity index (χ0v) is 11.1. The highest BCUT2D eigenvalue weighted by molar-refractivity contribution is 5.35. The predicted molar refractivity (Wildman–Crippen MR) is 76.0 cm³/mol. The van der Waals surface area contributed by atoms with Gasteiger partial charge in [-0.3, -0.25) is 10.1 Å². The molecule has 0 amide bonds. The maximum atomic E-state index is 10.6. The minimum atomic E-state index is -1.13. The normalized spacial score (nSPS) is 13.4. The molecule has 6 nitrogen and oxygen atoms in total. The van der Waals surface area contributed by atoms with Crippen LogP contribution in [0.4, 0.5) is 5.69 Å². The lowest BCUT2D eigenvalue weighted by Gasteiger charge is -2.23. The average molecular weight is 289 g/mol. The molecule has 2 atom stereocenters. The van der Waals surface area contributed by atoms with Crippen molar-refractivity contribution >= 4 is 5.69 Å². The Labute approximate surface area is 121 Å². The highest BCUT2D eigenvalue weighted by Gasteiger charge is 2.23. The number of hydrogen-bond donors (Lipinski definition) is 2. The summed E-state index contributed by atoms with van der Waals surface area (Å²) in [5, 5.41) is 29.7. The maximum Gasteiger partial charge on any atom is 0.269 e. The standard InChI is InChI=1S/C15H15NO5/c17-10-14(18)15(21-13-4-2-1-3-5-13)11-6-8-12(9-7-11)16(19)20/h1-9,14-15,17-18H,10H2. The summed E-state index contributed by atoms with van der Waals surface area (Å²) < 4.78 is 5.67. The third-order valence-corrected chi connectivity index (χ3v) is 2.98. The number of non-ortho nitro benzene ring substituents is 1. The summed E-state index contributed by atoms with van der Waals surface area (Å²) in [5.41, 5.74) is 0.502. The van der Waals surface area contributed by atoms with Crippen molar-refractivity contribution in [3.05, 3.63) is 70.3 Å². The number of benzene rings is 2. The molecule has 0 bridgehead atoms. The van der Waals surface area contributed by atoms with Gasteiger partial charge in [0.25, 0.3) is 5.69 Å². The van der Waals surface area contributed by atoms with Crippen LogP contribution in [0.1, 0.15) is 11.7 Å². The fourth-order valence-corrected chi connectivity index (χ4v) is 1.90. The van der Waals surface area contributed by atoms with E-state index >= 15 is 0 Å². The van der Waals surface area contributed by atoms with Gasteiger partial charge in [-0.05, 0) is 29.8 Å². The van der Waals surface area contributed by atoms with E-state index in [0.29, 0.717) is 11.3 Å². The number of aliphatic hydroxyl groups excluding tert-OH is 2. The molecule has 0 aliphatic rings. The predicted octanol–water partition coefficient (Wildman–Crippen LogP) is 2.07. The van der Waals surface area contributed by atoms with Crippen LogP contribution < -0.4 is 4.74 Å². The summed E-state index contributed by atoms with van der Waals surface area (Å²) in [4.78, 5) is 10.1. The van der Waals surface area contributed by atoms with Crippen LogP contribution in [0.5, 0.6) is 5.75 Å². The topological polar surface area (TPSA) is 92.8 Å². The van der Waals surface area contributed by atoms with Gasteiger partial charge in [0.15, 0.2) is 6.10 Å². The summed E-state index contributed by atoms with van der Waals surface area (Å²) in [5.74, 6) is 0.536. The van der Waals surface area contributed by atoms with E-state index in [-0.39, 0.29) is 5.69 Å². The smallest absolute Gasteiger partial charge is 0.269 e. The van der Waals surface area contributed by atoms with Gasteiger partial charge in [-0.15, -0.1) is 0 Å². The number of para-hydroxylation sites is 1. The van der Waals surface area contributed by atoms with E-state index in [9.17, 15) is 15.2 Å². The molecule has 0 heterocycles. The van der Waals surface area contributed by atoms with E-state index in [1.54, 1.807) is 24.3 Å². The number of nitro groups is 1. The van der Waals surface area contributed by atoms with E-state index in [1.165, 1.54) is 24.3 Å². The van der Waals surface area contributed by atoms with E-state index < -0.39 is 23.7 Å². The number of aliphatic hydroxyl groups is 2.